The zero-order chi connectivity index (χ0) is 27.3. The summed E-state index contributed by atoms with van der Waals surface area (Å²) in [5.41, 5.74) is 2.60. The van der Waals surface area contributed by atoms with Crippen LogP contribution in [0.25, 0.3) is 16.6 Å². The fourth-order valence-electron chi connectivity index (χ4n) is 5.14. The van der Waals surface area contributed by atoms with Crippen molar-refractivity contribution >= 4 is 16.8 Å². The molecule has 3 aromatic rings. The minimum absolute atomic E-state index is 0.0870. The Morgan fingerprint density at radius 3 is 2.16 bits per heavy atom. The molecule has 1 unspecified atom stereocenters. The minimum atomic E-state index is -0.313. The number of para-hydroxylation sites is 1. The molecule has 3 rings (SSSR count). The second-order valence-corrected chi connectivity index (χ2v) is 10.5. The normalized spacial score (nSPS) is 12.1. The average molecular weight is 518 g/mol. The number of unbranched alkanes of at least 4 members (excludes halogenated alkanes) is 8. The van der Waals surface area contributed by atoms with Crippen molar-refractivity contribution in [1.82, 2.24) is 14.5 Å². The molecule has 206 valence electrons. The molecule has 0 aliphatic rings. The molecule has 1 amide bonds. The molecule has 0 spiro atoms. The number of aromatic nitrogens is 2. The van der Waals surface area contributed by atoms with Crippen LogP contribution in [0.2, 0.25) is 0 Å². The van der Waals surface area contributed by atoms with E-state index in [0.29, 0.717) is 29.7 Å². The number of benzene rings is 2. The Kier molecular flexibility index (Phi) is 12.0. The fraction of sp³-hybridized carbons (Fsp3) is 0.545. The number of carbonyl (C=O) groups is 1. The Balaban J connectivity index is 1.96. The highest BCUT2D eigenvalue weighted by atomic mass is 16.2. The molecular weight excluding hydrogens is 470 g/mol. The van der Waals surface area contributed by atoms with Crippen LogP contribution in [0.1, 0.15) is 116 Å². The molecule has 5 heteroatoms. The van der Waals surface area contributed by atoms with Crippen LogP contribution in [0.15, 0.2) is 53.3 Å². The second kappa shape index (κ2) is 15.5. The Bertz CT molecular complexity index is 1200. The van der Waals surface area contributed by atoms with Gasteiger partial charge in [-0.2, -0.15) is 0 Å². The van der Waals surface area contributed by atoms with E-state index < -0.39 is 0 Å². The van der Waals surface area contributed by atoms with Gasteiger partial charge in [0.05, 0.1) is 22.6 Å². The van der Waals surface area contributed by atoms with Crippen molar-refractivity contribution in [3.05, 3.63) is 70.3 Å². The second-order valence-electron chi connectivity index (χ2n) is 10.5. The molecule has 0 saturated carbocycles. The molecule has 38 heavy (non-hydrogen) atoms. The maximum absolute atomic E-state index is 13.8. The van der Waals surface area contributed by atoms with Crippen molar-refractivity contribution in [1.29, 1.82) is 0 Å². The lowest BCUT2D eigenvalue weighted by molar-refractivity contribution is -0.133. The van der Waals surface area contributed by atoms with E-state index in [1.165, 1.54) is 31.2 Å². The van der Waals surface area contributed by atoms with Gasteiger partial charge in [-0.05, 0) is 56.0 Å². The molecule has 0 aliphatic heterocycles. The van der Waals surface area contributed by atoms with Gasteiger partial charge in [-0.3, -0.25) is 14.2 Å². The van der Waals surface area contributed by atoms with E-state index in [-0.39, 0.29) is 17.5 Å². The molecule has 1 atom stereocenters. The third-order valence-electron chi connectivity index (χ3n) is 7.56. The van der Waals surface area contributed by atoms with Crippen molar-refractivity contribution in [3.8, 4) is 5.69 Å². The van der Waals surface area contributed by atoms with Crippen LogP contribution >= 0.6 is 0 Å². The summed E-state index contributed by atoms with van der Waals surface area (Å²) in [6.45, 7) is 9.27. The zero-order valence-electron chi connectivity index (χ0n) is 24.0. The topological polar surface area (TPSA) is 55.2 Å². The summed E-state index contributed by atoms with van der Waals surface area (Å²) in [6, 6.07) is 15.3. The molecule has 0 bridgehead atoms. The van der Waals surface area contributed by atoms with Crippen LogP contribution in [0.3, 0.4) is 0 Å². The van der Waals surface area contributed by atoms with Crippen LogP contribution < -0.4 is 5.56 Å². The fourth-order valence-corrected chi connectivity index (χ4v) is 5.14. The highest BCUT2D eigenvalue weighted by molar-refractivity contribution is 5.79. The molecule has 0 aliphatic carbocycles. The number of rotatable bonds is 16. The summed E-state index contributed by atoms with van der Waals surface area (Å²) in [5, 5.41) is 0.593. The summed E-state index contributed by atoms with van der Waals surface area (Å²) < 4.78 is 1.73. The molecule has 2 aromatic carbocycles. The van der Waals surface area contributed by atoms with Gasteiger partial charge < -0.3 is 4.90 Å². The minimum Gasteiger partial charge on any atom is -0.333 e. The van der Waals surface area contributed by atoms with Crippen LogP contribution in [0, 0.1) is 0 Å². The first kappa shape index (κ1) is 29.6. The number of amides is 1. The monoisotopic (exact) mass is 517 g/mol. The van der Waals surface area contributed by atoms with Crippen LogP contribution in [0.4, 0.5) is 0 Å². The van der Waals surface area contributed by atoms with Gasteiger partial charge in [0, 0.05) is 13.0 Å². The average Bonchev–Trinajstić information content (AvgIpc) is 2.94. The number of hydrogen-bond donors (Lipinski definition) is 0. The lowest BCUT2D eigenvalue weighted by Crippen LogP contribution is -2.38. The Morgan fingerprint density at radius 2 is 1.47 bits per heavy atom. The molecule has 0 N–H and O–H groups in total. The molecule has 0 radical (unpaired) electrons. The molecule has 1 aromatic heterocycles. The summed E-state index contributed by atoms with van der Waals surface area (Å²) in [6.07, 6.45) is 12.8. The summed E-state index contributed by atoms with van der Waals surface area (Å²) in [4.78, 5) is 34.4. The van der Waals surface area contributed by atoms with Crippen LogP contribution in [-0.2, 0) is 11.2 Å². The third kappa shape index (κ3) is 7.78. The van der Waals surface area contributed by atoms with E-state index in [1.54, 1.807) is 4.57 Å². The number of carbonyl (C=O) groups excluding carboxylic acids is 1. The zero-order valence-corrected chi connectivity index (χ0v) is 24.0. The first-order valence-corrected chi connectivity index (χ1v) is 14.9. The van der Waals surface area contributed by atoms with Gasteiger partial charge in [-0.1, -0.05) is 96.4 Å². The van der Waals surface area contributed by atoms with Crippen LogP contribution in [-0.4, -0.2) is 26.9 Å². The number of fused-ring (bicyclic) bond motifs is 1. The first-order valence-electron chi connectivity index (χ1n) is 14.9. The van der Waals surface area contributed by atoms with E-state index in [0.717, 1.165) is 50.6 Å². The summed E-state index contributed by atoms with van der Waals surface area (Å²) >= 11 is 0. The van der Waals surface area contributed by atoms with Crippen molar-refractivity contribution in [3.63, 3.8) is 0 Å². The largest absolute Gasteiger partial charge is 0.333 e. The van der Waals surface area contributed by atoms with Gasteiger partial charge in [0.2, 0.25) is 5.91 Å². The van der Waals surface area contributed by atoms with Crippen molar-refractivity contribution in [2.45, 2.75) is 111 Å². The van der Waals surface area contributed by atoms with Gasteiger partial charge in [0.25, 0.3) is 5.56 Å². The van der Waals surface area contributed by atoms with E-state index >= 15 is 0 Å². The van der Waals surface area contributed by atoms with E-state index in [9.17, 15) is 9.59 Å². The van der Waals surface area contributed by atoms with Gasteiger partial charge in [0.1, 0.15) is 5.82 Å². The quantitative estimate of drug-likeness (QED) is 0.180. The predicted octanol–water partition coefficient (Wildman–Crippen LogP) is 8.17. The lowest BCUT2D eigenvalue weighted by Gasteiger charge is -2.31. The lowest BCUT2D eigenvalue weighted by atomic mass is 10.1. The highest BCUT2D eigenvalue weighted by Gasteiger charge is 2.26. The Hall–Kier alpha value is -2.95. The van der Waals surface area contributed by atoms with Gasteiger partial charge in [0.15, 0.2) is 0 Å². The van der Waals surface area contributed by atoms with Gasteiger partial charge in [-0.15, -0.1) is 0 Å². The Labute approximate surface area is 229 Å². The van der Waals surface area contributed by atoms with E-state index in [4.69, 9.17) is 4.98 Å². The van der Waals surface area contributed by atoms with E-state index in [1.807, 2.05) is 48.2 Å². The predicted molar refractivity (Wildman–Crippen MR) is 159 cm³/mol. The van der Waals surface area contributed by atoms with Crippen LogP contribution in [0.5, 0.6) is 0 Å². The first-order chi connectivity index (χ1) is 18.5. The van der Waals surface area contributed by atoms with Gasteiger partial charge in [-0.25, -0.2) is 4.98 Å². The third-order valence-corrected chi connectivity index (χ3v) is 7.56. The Morgan fingerprint density at radius 1 is 0.842 bits per heavy atom. The molecule has 0 saturated heterocycles. The molecule has 0 fully saturated rings. The van der Waals surface area contributed by atoms with Crippen molar-refractivity contribution < 1.29 is 4.79 Å². The molecular formula is C33H47N3O2. The van der Waals surface area contributed by atoms with Crippen molar-refractivity contribution in [2.24, 2.45) is 0 Å². The molecule has 1 heterocycles. The standard InChI is InChI=1S/C33H47N3O2/c1-5-8-10-12-13-14-20-31(37)35(25-17-11-9-6-2)26(4)32-34-30-19-16-15-18-29(30)33(38)36(32)28-23-21-27(7-3)22-24-28/h15-16,18-19,21-24,26H,5-14,17,20,25H2,1-4H3. The maximum atomic E-state index is 13.8. The number of nitrogens with zero attached hydrogens (tertiary/aromatic N) is 3. The van der Waals surface area contributed by atoms with Crippen molar-refractivity contribution in [2.75, 3.05) is 6.54 Å². The smallest absolute Gasteiger partial charge is 0.266 e. The number of aryl methyl sites for hydroxylation is 1. The maximum Gasteiger partial charge on any atom is 0.266 e. The summed E-state index contributed by atoms with van der Waals surface area (Å²) in [7, 11) is 0. The molecule has 5 nitrogen and oxygen atoms in total. The van der Waals surface area contributed by atoms with E-state index in [2.05, 4.69) is 32.9 Å². The SMILES string of the molecule is CCCCCCCCC(=O)N(CCCCCC)C(C)c1nc2ccccc2c(=O)n1-c1ccc(CC)cc1. The van der Waals surface area contributed by atoms with Gasteiger partial charge >= 0.3 is 0 Å². The highest BCUT2D eigenvalue weighted by Crippen LogP contribution is 2.25. The summed E-state index contributed by atoms with van der Waals surface area (Å²) in [5.74, 6) is 0.796. The number of hydrogen-bond acceptors (Lipinski definition) is 3.